The second-order valence-corrected chi connectivity index (χ2v) is 5.59. The molecule has 2 unspecified atom stereocenters. The number of rotatable bonds is 4. The molecule has 1 aromatic carbocycles. The van der Waals surface area contributed by atoms with Crippen molar-refractivity contribution in [1.29, 1.82) is 0 Å². The fourth-order valence-electron chi connectivity index (χ4n) is 3.20. The van der Waals surface area contributed by atoms with Crippen LogP contribution in [0.2, 0.25) is 0 Å². The van der Waals surface area contributed by atoms with E-state index in [2.05, 4.69) is 41.5 Å². The van der Waals surface area contributed by atoms with Crippen LogP contribution in [-0.4, -0.2) is 22.7 Å². The molecule has 102 valence electrons. The number of aromatic nitrogens is 1. The molecule has 1 aromatic heterocycles. The van der Waals surface area contributed by atoms with E-state index < -0.39 is 0 Å². The highest BCUT2D eigenvalue weighted by atomic mass is 16.3. The minimum Gasteiger partial charge on any atom is -0.396 e. The first-order chi connectivity index (χ1) is 9.29. The Morgan fingerprint density at radius 2 is 2.26 bits per heavy atom. The zero-order valence-corrected chi connectivity index (χ0v) is 11.4. The molecule has 19 heavy (non-hydrogen) atoms. The van der Waals surface area contributed by atoms with Crippen molar-refractivity contribution in [2.45, 2.75) is 44.7 Å². The number of hydrogen-bond donors (Lipinski definition) is 3. The van der Waals surface area contributed by atoms with Gasteiger partial charge in [0.05, 0.1) is 0 Å². The van der Waals surface area contributed by atoms with Crippen LogP contribution in [-0.2, 0) is 6.42 Å². The summed E-state index contributed by atoms with van der Waals surface area (Å²) in [6.07, 6.45) is 4.39. The molecule has 3 rings (SSSR count). The summed E-state index contributed by atoms with van der Waals surface area (Å²) < 4.78 is 0. The third-order valence-corrected chi connectivity index (χ3v) is 4.16. The summed E-state index contributed by atoms with van der Waals surface area (Å²) in [6.45, 7) is 2.40. The summed E-state index contributed by atoms with van der Waals surface area (Å²) in [7, 11) is 0. The number of aromatic amines is 1. The van der Waals surface area contributed by atoms with E-state index >= 15 is 0 Å². The van der Waals surface area contributed by atoms with E-state index in [1.807, 2.05) is 0 Å². The van der Waals surface area contributed by atoms with Crippen LogP contribution in [0.15, 0.2) is 24.3 Å². The SMILES string of the molecule is CC(CCO)NC1CCCc2c1[nH]c1ccccc21. The molecule has 3 nitrogen and oxygen atoms in total. The Balaban J connectivity index is 1.91. The van der Waals surface area contributed by atoms with Crippen LogP contribution < -0.4 is 5.32 Å². The molecule has 2 aromatic rings. The summed E-state index contributed by atoms with van der Waals surface area (Å²) in [4.78, 5) is 3.59. The van der Waals surface area contributed by atoms with Crippen molar-refractivity contribution < 1.29 is 5.11 Å². The van der Waals surface area contributed by atoms with E-state index in [4.69, 9.17) is 5.11 Å². The van der Waals surface area contributed by atoms with Crippen LogP contribution in [0.1, 0.15) is 43.5 Å². The van der Waals surface area contributed by atoms with E-state index in [-0.39, 0.29) is 6.61 Å². The Labute approximate surface area is 114 Å². The molecular formula is C16H22N2O. The molecule has 2 atom stereocenters. The molecule has 0 saturated heterocycles. The smallest absolute Gasteiger partial charge is 0.0478 e. The highest BCUT2D eigenvalue weighted by molar-refractivity contribution is 5.85. The summed E-state index contributed by atoms with van der Waals surface area (Å²) in [6, 6.07) is 9.32. The Morgan fingerprint density at radius 1 is 1.42 bits per heavy atom. The van der Waals surface area contributed by atoms with Crippen LogP contribution in [0.4, 0.5) is 0 Å². The Bertz CT molecular complexity index is 561. The van der Waals surface area contributed by atoms with Crippen LogP contribution in [0.3, 0.4) is 0 Å². The first-order valence-electron chi connectivity index (χ1n) is 7.26. The Morgan fingerprint density at radius 3 is 3.11 bits per heavy atom. The van der Waals surface area contributed by atoms with Gasteiger partial charge in [-0.1, -0.05) is 18.2 Å². The fraction of sp³-hybridized carbons (Fsp3) is 0.500. The van der Waals surface area contributed by atoms with Crippen molar-refractivity contribution in [3.05, 3.63) is 35.5 Å². The van der Waals surface area contributed by atoms with Crippen LogP contribution >= 0.6 is 0 Å². The number of hydrogen-bond acceptors (Lipinski definition) is 2. The first-order valence-corrected chi connectivity index (χ1v) is 7.26. The van der Waals surface area contributed by atoms with Gasteiger partial charge in [0.15, 0.2) is 0 Å². The zero-order valence-electron chi connectivity index (χ0n) is 11.4. The molecule has 0 aliphatic heterocycles. The van der Waals surface area contributed by atoms with Gasteiger partial charge in [-0.2, -0.15) is 0 Å². The number of nitrogens with one attached hydrogen (secondary N) is 2. The number of fused-ring (bicyclic) bond motifs is 3. The van der Waals surface area contributed by atoms with Gasteiger partial charge in [0.1, 0.15) is 0 Å². The molecule has 0 spiro atoms. The molecular weight excluding hydrogens is 236 g/mol. The predicted molar refractivity (Wildman–Crippen MR) is 78.3 cm³/mol. The van der Waals surface area contributed by atoms with Crippen LogP contribution in [0.5, 0.6) is 0 Å². The van der Waals surface area contributed by atoms with E-state index in [0.717, 1.165) is 6.42 Å². The first kappa shape index (κ1) is 12.7. The highest BCUT2D eigenvalue weighted by Gasteiger charge is 2.24. The number of H-pyrrole nitrogens is 1. The van der Waals surface area contributed by atoms with E-state index in [1.54, 1.807) is 0 Å². The quantitative estimate of drug-likeness (QED) is 0.789. The number of aliphatic hydroxyl groups is 1. The molecule has 0 fully saturated rings. The third kappa shape index (κ3) is 2.40. The van der Waals surface area contributed by atoms with Gasteiger partial charge >= 0.3 is 0 Å². The molecule has 0 bridgehead atoms. The summed E-state index contributed by atoms with van der Waals surface area (Å²) >= 11 is 0. The lowest BCUT2D eigenvalue weighted by Crippen LogP contribution is -2.33. The van der Waals surface area contributed by atoms with Gasteiger partial charge in [-0.25, -0.2) is 0 Å². The van der Waals surface area contributed by atoms with E-state index in [1.165, 1.54) is 41.4 Å². The molecule has 3 N–H and O–H groups in total. The zero-order chi connectivity index (χ0) is 13.2. The predicted octanol–water partition coefficient (Wildman–Crippen LogP) is 2.91. The number of para-hydroxylation sites is 1. The maximum atomic E-state index is 9.03. The van der Waals surface area contributed by atoms with Crippen molar-refractivity contribution in [2.75, 3.05) is 6.61 Å². The molecule has 1 aliphatic rings. The van der Waals surface area contributed by atoms with Gasteiger partial charge in [0.2, 0.25) is 0 Å². The molecule has 1 aliphatic carbocycles. The molecule has 0 saturated carbocycles. The summed E-state index contributed by atoms with van der Waals surface area (Å²) in [5, 5.41) is 14.0. The maximum Gasteiger partial charge on any atom is 0.0478 e. The average Bonchev–Trinajstić information content (AvgIpc) is 2.79. The summed E-state index contributed by atoms with van der Waals surface area (Å²) in [5.41, 5.74) is 4.09. The average molecular weight is 258 g/mol. The van der Waals surface area contributed by atoms with Crippen molar-refractivity contribution >= 4 is 10.9 Å². The second-order valence-electron chi connectivity index (χ2n) is 5.59. The lowest BCUT2D eigenvalue weighted by atomic mass is 9.91. The second kappa shape index (κ2) is 5.35. The van der Waals surface area contributed by atoms with Gasteiger partial charge in [0.25, 0.3) is 0 Å². The van der Waals surface area contributed by atoms with Gasteiger partial charge < -0.3 is 15.4 Å². The minimum absolute atomic E-state index is 0.250. The maximum absolute atomic E-state index is 9.03. The van der Waals surface area contributed by atoms with E-state index in [9.17, 15) is 0 Å². The molecule has 0 radical (unpaired) electrons. The molecule has 3 heteroatoms. The van der Waals surface area contributed by atoms with Gasteiger partial charge in [-0.15, -0.1) is 0 Å². The molecule has 1 heterocycles. The van der Waals surface area contributed by atoms with Crippen molar-refractivity contribution in [3.63, 3.8) is 0 Å². The third-order valence-electron chi connectivity index (χ3n) is 4.16. The standard InChI is InChI=1S/C16H22N2O/c1-11(9-10-19)17-15-8-4-6-13-12-5-2-3-7-14(12)18-16(13)15/h2-3,5,7,11,15,17-19H,4,6,8-10H2,1H3. The van der Waals surface area contributed by atoms with Crippen molar-refractivity contribution in [1.82, 2.24) is 10.3 Å². The Hall–Kier alpha value is -1.32. The Kier molecular flexibility index (Phi) is 3.58. The van der Waals surface area contributed by atoms with Gasteiger partial charge in [-0.05, 0) is 44.2 Å². The monoisotopic (exact) mass is 258 g/mol. The van der Waals surface area contributed by atoms with Crippen LogP contribution in [0, 0.1) is 0 Å². The fourth-order valence-corrected chi connectivity index (χ4v) is 3.20. The normalized spacial score (nSPS) is 20.4. The van der Waals surface area contributed by atoms with Crippen molar-refractivity contribution in [3.8, 4) is 0 Å². The van der Waals surface area contributed by atoms with E-state index in [0.29, 0.717) is 12.1 Å². The summed E-state index contributed by atoms with van der Waals surface area (Å²) in [5.74, 6) is 0. The van der Waals surface area contributed by atoms with Crippen LogP contribution in [0.25, 0.3) is 10.9 Å². The topological polar surface area (TPSA) is 48.0 Å². The minimum atomic E-state index is 0.250. The number of benzene rings is 1. The number of aryl methyl sites for hydroxylation is 1. The molecule has 0 amide bonds. The van der Waals surface area contributed by atoms with Gasteiger partial charge in [0, 0.05) is 35.3 Å². The lowest BCUT2D eigenvalue weighted by Gasteiger charge is -2.27. The lowest BCUT2D eigenvalue weighted by molar-refractivity contribution is 0.259. The highest BCUT2D eigenvalue weighted by Crippen LogP contribution is 2.34. The van der Waals surface area contributed by atoms with Crippen molar-refractivity contribution in [2.24, 2.45) is 0 Å². The van der Waals surface area contributed by atoms with Gasteiger partial charge in [-0.3, -0.25) is 0 Å². The largest absolute Gasteiger partial charge is 0.396 e. The number of aliphatic hydroxyl groups excluding tert-OH is 1.